The van der Waals surface area contributed by atoms with E-state index in [1.807, 2.05) is 128 Å². The van der Waals surface area contributed by atoms with Gasteiger partial charge in [0.25, 0.3) is 29.6 Å². The number of aliphatic hydroxyl groups excluding tert-OH is 1. The number of pyridine rings is 4. The number of halogens is 5. The molecule has 0 atom stereocenters. The number of aromatic amines is 4. The number of aromatic nitrogens is 12. The number of nitriles is 3. The predicted molar refractivity (Wildman–Crippen MR) is 502 cm³/mol. The summed E-state index contributed by atoms with van der Waals surface area (Å²) >= 11 is 0. The molecule has 3 aliphatic heterocycles. The molecule has 0 saturated carbocycles. The van der Waals surface area contributed by atoms with Crippen molar-refractivity contribution >= 4 is 90.0 Å². The van der Waals surface area contributed by atoms with E-state index in [2.05, 4.69) is 122 Å². The summed E-state index contributed by atoms with van der Waals surface area (Å²) in [5.74, 6) is -2.90. The molecule has 17 aromatic rings. The van der Waals surface area contributed by atoms with Gasteiger partial charge in [0.1, 0.15) is 11.5 Å². The van der Waals surface area contributed by atoms with Crippen LogP contribution in [0.4, 0.5) is 44.7 Å². The van der Waals surface area contributed by atoms with E-state index in [1.54, 1.807) is 115 Å². The summed E-state index contributed by atoms with van der Waals surface area (Å²) in [5, 5.41) is 78.5. The van der Waals surface area contributed by atoms with Gasteiger partial charge in [-0.15, -0.1) is 0 Å². The second-order valence-corrected chi connectivity index (χ2v) is 32.6. The van der Waals surface area contributed by atoms with E-state index in [1.165, 1.54) is 12.1 Å². The highest BCUT2D eigenvalue weighted by molar-refractivity contribution is 6.15. The van der Waals surface area contributed by atoms with Crippen molar-refractivity contribution < 1.29 is 55.7 Å². The van der Waals surface area contributed by atoms with Gasteiger partial charge in [-0.1, -0.05) is 42.5 Å². The molecule has 136 heavy (non-hydrogen) atoms. The number of morpholine rings is 1. The zero-order valence-corrected chi connectivity index (χ0v) is 72.5. The summed E-state index contributed by atoms with van der Waals surface area (Å²) in [5.41, 5.74) is 16.7. The Balaban J connectivity index is 0.000000126. The molecule has 0 radical (unpaired) electrons. The third-order valence-corrected chi connectivity index (χ3v) is 22.9. The first-order valence-electron chi connectivity index (χ1n) is 43.2. The van der Waals surface area contributed by atoms with Gasteiger partial charge in [0, 0.05) is 169 Å². The number of para-hydroxylation sites is 1. The molecule has 34 heteroatoms. The molecule has 9 N–H and O–H groups in total. The fourth-order valence-electron chi connectivity index (χ4n) is 15.9. The SMILES string of the molecule is N#Cc1ccc(NC(=O)c2n[nH]c3ccc(-c4cncc(CN5CCC(O)CC5)c4)cc23)cc1.N#Cc1ccc(NC(=O)c2n[nH]c3ccc(-c4cncc(CN5CCOCC5)c4)cc23)cc1.N#Cc1ccc(NC(=O)c2n[nH]c3ccc(-c4cncc(Oc5ccccc5)c4)cc23)cc1.O=C(Nc1ccc(C(F)(F)F)cc1)c1n[nH]c2ccc(-c3cncc(CN4CCC(F)(F)C4)c3)cc12. The minimum Gasteiger partial charge on any atom is -0.456 e. The van der Waals surface area contributed by atoms with Crippen molar-refractivity contribution in [2.75, 3.05) is 73.7 Å². The van der Waals surface area contributed by atoms with Gasteiger partial charge >= 0.3 is 6.18 Å². The quantitative estimate of drug-likeness (QED) is 0.0320. The zero-order chi connectivity index (χ0) is 94.2. The van der Waals surface area contributed by atoms with Gasteiger partial charge < -0.3 is 35.8 Å². The maximum absolute atomic E-state index is 13.5. The average molecular weight is 1820 g/mol. The molecule has 0 bridgehead atoms. The standard InChI is InChI=1S/C26H24N6O2.C26H17N5O2.C25H20F5N5O.C25H22N6O2/c27-13-17-1-4-21(5-2-17)29-26(34)25-23-12-19(3-6-24(23)30-31-25)20-11-18(14-28-15-20)16-32-9-7-22(33)8-10-32;27-14-17-6-9-20(10-7-17)29-26(32)25-23-13-18(8-11-24(23)30-31-25)19-12-22(16-28-15-19)33-21-4-2-1-3-5-21;26-24(27)7-8-35(14-24)13-15-9-17(12-31-11-15)16-1-6-21-20(10-16)22(34-33-21)23(36)32-19-4-2-18(3-5-19)25(28,29)30;26-13-17-1-4-21(5-2-17)28-25(32)24-22-12-19(3-6-23(22)29-30-24)20-11-18(14-27-15-20)16-31-7-9-33-10-8-31/h1-6,11-12,14-15,22,33H,7-10,16H2,(H,29,34)(H,30,31);1-13,15-16H,(H,29,32)(H,30,31);1-6,9-12H,7-8,13-14H2,(H,32,36)(H,33,34);1-6,11-12,14-15H,7-10,16H2,(H,28,32)(H,29,30). The van der Waals surface area contributed by atoms with Crippen LogP contribution in [0.1, 0.15) is 100 Å². The number of likely N-dealkylation sites (tertiary alicyclic amines) is 2. The molecule has 29 nitrogen and oxygen atoms in total. The van der Waals surface area contributed by atoms with Gasteiger partial charge in [0.2, 0.25) is 0 Å². The number of ether oxygens (including phenoxy) is 2. The van der Waals surface area contributed by atoms with Crippen LogP contribution in [0.25, 0.3) is 88.1 Å². The van der Waals surface area contributed by atoms with Crippen LogP contribution in [0.5, 0.6) is 11.5 Å². The largest absolute Gasteiger partial charge is 0.456 e. The first-order valence-corrected chi connectivity index (χ1v) is 43.2. The van der Waals surface area contributed by atoms with Crippen LogP contribution >= 0.6 is 0 Å². The maximum Gasteiger partial charge on any atom is 0.416 e. The molecule has 20 rings (SSSR count). The van der Waals surface area contributed by atoms with E-state index in [9.17, 15) is 46.2 Å². The number of anilines is 4. The second kappa shape index (κ2) is 41.2. The fourth-order valence-corrected chi connectivity index (χ4v) is 15.9. The van der Waals surface area contributed by atoms with Gasteiger partial charge in [-0.2, -0.15) is 49.4 Å². The summed E-state index contributed by atoms with van der Waals surface area (Å²) in [7, 11) is 0. The third kappa shape index (κ3) is 22.6. The van der Waals surface area contributed by atoms with Gasteiger partial charge in [0.15, 0.2) is 22.8 Å². The highest BCUT2D eigenvalue weighted by atomic mass is 19.4. The fraction of sp³-hybridized carbons (Fsp3) is 0.167. The number of benzene rings is 9. The van der Waals surface area contributed by atoms with Crippen molar-refractivity contribution in [1.29, 1.82) is 15.8 Å². The van der Waals surface area contributed by atoms with Crippen molar-refractivity contribution in [3.8, 4) is 74.2 Å². The Labute approximate surface area is 773 Å². The van der Waals surface area contributed by atoms with Gasteiger partial charge in [0.05, 0.1) is 94.6 Å². The normalized spacial score (nSPS) is 13.9. The summed E-state index contributed by atoms with van der Waals surface area (Å²) in [4.78, 5) is 75.3. The van der Waals surface area contributed by atoms with Crippen LogP contribution in [-0.4, -0.2) is 169 Å². The number of nitrogens with one attached hydrogen (secondary N) is 8. The summed E-state index contributed by atoms with van der Waals surface area (Å²) < 4.78 is 76.7. The third-order valence-electron chi connectivity index (χ3n) is 22.9. The van der Waals surface area contributed by atoms with Gasteiger partial charge in [-0.25, -0.2) is 8.78 Å². The number of carbonyl (C=O) groups excluding carboxylic acids is 4. The van der Waals surface area contributed by atoms with E-state index in [0.29, 0.717) is 80.3 Å². The molecular weight excluding hydrogens is 1740 g/mol. The molecule has 0 unspecified atom stereocenters. The summed E-state index contributed by atoms with van der Waals surface area (Å²) in [6, 6.07) is 70.7. The van der Waals surface area contributed by atoms with Crippen molar-refractivity contribution in [2.45, 2.75) is 57.1 Å². The number of hydrogen-bond acceptors (Lipinski definition) is 21. The van der Waals surface area contributed by atoms with Crippen LogP contribution in [0.15, 0.2) is 274 Å². The van der Waals surface area contributed by atoms with E-state index < -0.39 is 23.6 Å². The lowest BCUT2D eigenvalue weighted by Crippen LogP contribution is -2.35. The summed E-state index contributed by atoms with van der Waals surface area (Å²) in [6.45, 7) is 7.13. The van der Waals surface area contributed by atoms with Crippen molar-refractivity contribution in [1.82, 2.24) is 75.4 Å². The van der Waals surface area contributed by atoms with E-state index in [4.69, 9.17) is 25.3 Å². The van der Waals surface area contributed by atoms with E-state index in [-0.39, 0.29) is 53.9 Å². The second-order valence-electron chi connectivity index (χ2n) is 32.6. The van der Waals surface area contributed by atoms with Crippen LogP contribution in [0.2, 0.25) is 0 Å². The van der Waals surface area contributed by atoms with E-state index >= 15 is 0 Å². The number of fused-ring (bicyclic) bond motifs is 4. The minimum atomic E-state index is -4.47. The molecule has 678 valence electrons. The Kier molecular flexibility index (Phi) is 27.6. The van der Waals surface area contributed by atoms with E-state index in [0.717, 1.165) is 172 Å². The van der Waals surface area contributed by atoms with Gasteiger partial charge in [-0.3, -0.25) is 74.2 Å². The molecule has 8 aromatic heterocycles. The number of carbonyl (C=O) groups is 4. The molecule has 3 fully saturated rings. The number of amides is 4. The topological polar surface area (TPSA) is 402 Å². The number of rotatable bonds is 20. The molecule has 4 amide bonds. The van der Waals surface area contributed by atoms with Crippen molar-refractivity contribution in [3.05, 3.63) is 336 Å². The highest BCUT2D eigenvalue weighted by Gasteiger charge is 2.38. The zero-order valence-electron chi connectivity index (χ0n) is 72.5. The van der Waals surface area contributed by atoms with Gasteiger partial charge in [-0.05, 0) is 234 Å². The van der Waals surface area contributed by atoms with Crippen LogP contribution in [-0.2, 0) is 30.5 Å². The van der Waals surface area contributed by atoms with Crippen LogP contribution in [0, 0.1) is 34.0 Å². The first kappa shape index (κ1) is 91.0. The minimum absolute atomic E-state index is 0.0789. The molecule has 3 saturated heterocycles. The lowest BCUT2D eigenvalue weighted by atomic mass is 10.0. The van der Waals surface area contributed by atoms with Crippen LogP contribution in [0.3, 0.4) is 0 Å². The summed E-state index contributed by atoms with van der Waals surface area (Å²) in [6.07, 6.45) is 10.9. The number of hydrogen-bond donors (Lipinski definition) is 9. The molecule has 3 aliphatic rings. The molecule has 11 heterocycles. The number of nitrogens with zero attached hydrogens (tertiary/aromatic N) is 14. The Morgan fingerprint density at radius 2 is 0.743 bits per heavy atom. The lowest BCUT2D eigenvalue weighted by Gasteiger charge is -2.29. The number of H-pyrrole nitrogens is 4. The lowest BCUT2D eigenvalue weighted by molar-refractivity contribution is -0.137. The Morgan fingerprint density at radius 3 is 1.09 bits per heavy atom. The average Bonchev–Trinajstić information content (AvgIpc) is 1.64. The molecule has 9 aromatic carbocycles. The molecular formula is C102H83F5N22O7. The Hall–Kier alpha value is -16.9. The smallest absolute Gasteiger partial charge is 0.416 e. The highest BCUT2D eigenvalue weighted by Crippen LogP contribution is 2.36. The Bertz CT molecular complexity index is 7350. The van der Waals surface area contributed by atoms with Crippen molar-refractivity contribution in [2.24, 2.45) is 0 Å². The Morgan fingerprint density at radius 1 is 0.404 bits per heavy atom. The maximum atomic E-state index is 13.5. The number of piperidine rings is 1. The molecule has 0 spiro atoms. The number of alkyl halides is 5. The predicted octanol–water partition coefficient (Wildman–Crippen LogP) is 18.6. The van der Waals surface area contributed by atoms with Crippen LogP contribution < -0.4 is 26.0 Å². The molecule has 0 aliphatic carbocycles. The first-order chi connectivity index (χ1) is 66.0. The monoisotopic (exact) mass is 1820 g/mol. The van der Waals surface area contributed by atoms with Crippen molar-refractivity contribution in [3.63, 3.8) is 0 Å². The number of aliphatic hydroxyl groups is 1.